The minimum absolute atomic E-state index is 0.0435. The van der Waals surface area contributed by atoms with Crippen LogP contribution in [0.3, 0.4) is 0 Å². The first kappa shape index (κ1) is 26.3. The molecule has 2 aromatic carbocycles. The third kappa shape index (κ3) is 5.96. The fourth-order valence-electron chi connectivity index (χ4n) is 4.23. The van der Waals surface area contributed by atoms with Crippen molar-refractivity contribution in [1.29, 1.82) is 5.26 Å². The van der Waals surface area contributed by atoms with Gasteiger partial charge in [0, 0.05) is 48.2 Å². The molecular weight excluding hydrogens is 510 g/mol. The van der Waals surface area contributed by atoms with Gasteiger partial charge in [-0.1, -0.05) is 6.07 Å². The van der Waals surface area contributed by atoms with E-state index in [4.69, 9.17) is 5.26 Å². The van der Waals surface area contributed by atoms with Crippen LogP contribution in [0, 0.1) is 21.4 Å². The van der Waals surface area contributed by atoms with Gasteiger partial charge in [-0.3, -0.25) is 24.5 Å². The zero-order valence-corrected chi connectivity index (χ0v) is 20.9. The molecule has 0 aliphatic carbocycles. The van der Waals surface area contributed by atoms with E-state index in [9.17, 15) is 29.6 Å². The van der Waals surface area contributed by atoms with E-state index in [0.717, 1.165) is 0 Å². The van der Waals surface area contributed by atoms with Crippen LogP contribution >= 0.6 is 11.3 Å². The lowest BCUT2D eigenvalue weighted by Crippen LogP contribution is -2.49. The molecule has 1 saturated heterocycles. The minimum atomic E-state index is -1.08. The lowest BCUT2D eigenvalue weighted by Gasteiger charge is -2.36. The Bertz CT molecular complexity index is 1390. The molecule has 4 rings (SSSR count). The predicted molar refractivity (Wildman–Crippen MR) is 139 cm³/mol. The van der Waals surface area contributed by atoms with Gasteiger partial charge in [0.05, 0.1) is 29.0 Å². The molecule has 2 amide bonds. The number of carboxylic acid groups (broad SMARTS) is 1. The van der Waals surface area contributed by atoms with Gasteiger partial charge in [-0.05, 0) is 47.8 Å². The molecule has 1 unspecified atom stereocenters. The number of hydrogen-bond acceptors (Lipinski definition) is 8. The van der Waals surface area contributed by atoms with E-state index >= 15 is 0 Å². The predicted octanol–water partition coefficient (Wildman–Crippen LogP) is 3.44. The molecule has 0 spiro atoms. The van der Waals surface area contributed by atoms with Crippen molar-refractivity contribution in [2.75, 3.05) is 31.1 Å². The Kier molecular flexibility index (Phi) is 7.98. The Morgan fingerprint density at radius 2 is 1.76 bits per heavy atom. The van der Waals surface area contributed by atoms with E-state index in [1.807, 2.05) is 6.07 Å². The van der Waals surface area contributed by atoms with Crippen molar-refractivity contribution in [3.8, 4) is 6.07 Å². The van der Waals surface area contributed by atoms with Crippen molar-refractivity contribution >= 4 is 40.5 Å². The Morgan fingerprint density at radius 1 is 1.08 bits per heavy atom. The van der Waals surface area contributed by atoms with Crippen LogP contribution in [0.5, 0.6) is 0 Å². The fraction of sp³-hybridized carbons (Fsp3) is 0.231. The number of carbonyl (C=O) groups excluding carboxylic acids is 2. The maximum Gasteiger partial charge on any atom is 0.305 e. The number of amides is 2. The minimum Gasteiger partial charge on any atom is -0.481 e. The van der Waals surface area contributed by atoms with Crippen molar-refractivity contribution in [3.63, 3.8) is 0 Å². The standard InChI is InChI=1S/C26H23N5O6S/c27-16-17-3-5-18(6-4-17)26(35)30-11-9-29(10-12-30)21-8-7-19(14-22(21)31(36)37)25(34)28-20(15-24(32)33)23-2-1-13-38-23/h1-8,13-14,20H,9-12,15H2,(H,28,34)(H,32,33). The third-order valence-electron chi connectivity index (χ3n) is 6.17. The molecule has 1 aromatic heterocycles. The second kappa shape index (κ2) is 11.5. The summed E-state index contributed by atoms with van der Waals surface area (Å²) in [6, 6.07) is 15.2. The second-order valence-electron chi connectivity index (χ2n) is 8.57. The van der Waals surface area contributed by atoms with Crippen LogP contribution in [0.25, 0.3) is 0 Å². The van der Waals surface area contributed by atoms with Crippen molar-refractivity contribution in [2.24, 2.45) is 0 Å². The Balaban J connectivity index is 1.46. The number of aliphatic carboxylic acids is 1. The molecule has 38 heavy (non-hydrogen) atoms. The number of nitrogens with one attached hydrogen (secondary N) is 1. The van der Waals surface area contributed by atoms with Crippen LogP contribution in [-0.4, -0.2) is 58.9 Å². The molecule has 1 atom stereocenters. The number of nitro benzene ring substituents is 1. The normalized spacial score (nSPS) is 13.9. The van der Waals surface area contributed by atoms with Gasteiger partial charge in [0.15, 0.2) is 0 Å². The largest absolute Gasteiger partial charge is 0.481 e. The quantitative estimate of drug-likeness (QED) is 0.329. The summed E-state index contributed by atoms with van der Waals surface area (Å²) >= 11 is 1.31. The number of nitriles is 1. The highest BCUT2D eigenvalue weighted by Crippen LogP contribution is 2.31. The van der Waals surface area contributed by atoms with Gasteiger partial charge in [-0.2, -0.15) is 5.26 Å². The van der Waals surface area contributed by atoms with Crippen LogP contribution in [0.4, 0.5) is 11.4 Å². The summed E-state index contributed by atoms with van der Waals surface area (Å²) in [5.41, 5.74) is 1.04. The first-order valence-electron chi connectivity index (χ1n) is 11.7. The number of thiophene rings is 1. The Morgan fingerprint density at radius 3 is 2.34 bits per heavy atom. The SMILES string of the molecule is N#Cc1ccc(C(=O)N2CCN(c3ccc(C(=O)NC(CC(=O)O)c4cccs4)cc3[N+](=O)[O-])CC2)cc1. The van der Waals surface area contributed by atoms with Crippen LogP contribution in [-0.2, 0) is 4.79 Å². The number of rotatable bonds is 8. The number of anilines is 1. The fourth-order valence-corrected chi connectivity index (χ4v) is 5.01. The van der Waals surface area contributed by atoms with E-state index in [0.29, 0.717) is 47.9 Å². The summed E-state index contributed by atoms with van der Waals surface area (Å²) in [7, 11) is 0. The second-order valence-corrected chi connectivity index (χ2v) is 9.55. The van der Waals surface area contributed by atoms with Crippen LogP contribution < -0.4 is 10.2 Å². The first-order valence-corrected chi connectivity index (χ1v) is 12.5. The molecule has 3 aromatic rings. The number of nitro groups is 1. The molecule has 2 N–H and O–H groups in total. The zero-order valence-electron chi connectivity index (χ0n) is 20.1. The van der Waals surface area contributed by atoms with Gasteiger partial charge in [0.25, 0.3) is 17.5 Å². The number of nitrogens with zero attached hydrogens (tertiary/aromatic N) is 4. The van der Waals surface area contributed by atoms with Gasteiger partial charge >= 0.3 is 5.97 Å². The molecule has 1 aliphatic rings. The summed E-state index contributed by atoms with van der Waals surface area (Å²) in [6.45, 7) is 1.40. The molecule has 1 fully saturated rings. The maximum absolute atomic E-state index is 12.9. The van der Waals surface area contributed by atoms with E-state index in [1.165, 1.54) is 29.5 Å². The summed E-state index contributed by atoms with van der Waals surface area (Å²) in [4.78, 5) is 52.4. The van der Waals surface area contributed by atoms with Crippen molar-refractivity contribution < 1.29 is 24.4 Å². The van der Waals surface area contributed by atoms with E-state index in [-0.39, 0.29) is 23.6 Å². The van der Waals surface area contributed by atoms with Crippen molar-refractivity contribution in [3.05, 3.63) is 91.7 Å². The summed E-state index contributed by atoms with van der Waals surface area (Å²) < 4.78 is 0. The number of carboxylic acids is 1. The average molecular weight is 534 g/mol. The van der Waals surface area contributed by atoms with E-state index in [1.54, 1.807) is 51.6 Å². The monoisotopic (exact) mass is 533 g/mol. The highest BCUT2D eigenvalue weighted by Gasteiger charge is 2.28. The number of hydrogen-bond donors (Lipinski definition) is 2. The van der Waals surface area contributed by atoms with Crippen molar-refractivity contribution in [1.82, 2.24) is 10.2 Å². The number of carbonyl (C=O) groups is 3. The van der Waals surface area contributed by atoms with Gasteiger partial charge < -0.3 is 20.2 Å². The first-order chi connectivity index (χ1) is 18.3. The molecule has 11 nitrogen and oxygen atoms in total. The lowest BCUT2D eigenvalue weighted by atomic mass is 10.1. The average Bonchev–Trinajstić information content (AvgIpc) is 3.47. The summed E-state index contributed by atoms with van der Waals surface area (Å²) in [5.74, 6) is -1.88. The van der Waals surface area contributed by atoms with E-state index in [2.05, 4.69) is 5.32 Å². The molecule has 2 heterocycles. The Hall–Kier alpha value is -4.76. The van der Waals surface area contributed by atoms with Crippen LogP contribution in [0.15, 0.2) is 60.0 Å². The van der Waals surface area contributed by atoms with Crippen LogP contribution in [0.2, 0.25) is 0 Å². The maximum atomic E-state index is 12.9. The lowest BCUT2D eigenvalue weighted by molar-refractivity contribution is -0.384. The van der Waals surface area contributed by atoms with E-state index < -0.39 is 22.8 Å². The van der Waals surface area contributed by atoms with Gasteiger partial charge in [0.1, 0.15) is 5.69 Å². The smallest absolute Gasteiger partial charge is 0.305 e. The number of piperazine rings is 1. The van der Waals surface area contributed by atoms with Crippen molar-refractivity contribution in [2.45, 2.75) is 12.5 Å². The Labute approximate surface area is 221 Å². The molecule has 12 heteroatoms. The molecular formula is C26H23N5O6S. The van der Waals surface area contributed by atoms with Gasteiger partial charge in [-0.15, -0.1) is 11.3 Å². The molecule has 0 saturated carbocycles. The van der Waals surface area contributed by atoms with Gasteiger partial charge in [0.2, 0.25) is 0 Å². The summed E-state index contributed by atoms with van der Waals surface area (Å²) in [6.07, 6.45) is -0.322. The summed E-state index contributed by atoms with van der Waals surface area (Å²) in [5, 5.41) is 34.5. The third-order valence-corrected chi connectivity index (χ3v) is 7.16. The molecule has 194 valence electrons. The topological polar surface area (TPSA) is 157 Å². The highest BCUT2D eigenvalue weighted by molar-refractivity contribution is 7.10. The number of benzene rings is 2. The van der Waals surface area contributed by atoms with Gasteiger partial charge in [-0.25, -0.2) is 0 Å². The highest BCUT2D eigenvalue weighted by atomic mass is 32.1. The molecule has 0 bridgehead atoms. The molecule has 0 radical (unpaired) electrons. The molecule has 1 aliphatic heterocycles. The zero-order chi connectivity index (χ0) is 27.2. The van der Waals surface area contributed by atoms with Crippen LogP contribution in [0.1, 0.15) is 43.6 Å².